The molecule has 0 spiro atoms. The number of nitrogens with zero attached hydrogens (tertiary/aromatic N) is 2. The molecule has 4 aromatic rings. The zero-order valence-corrected chi connectivity index (χ0v) is 27.2. The summed E-state index contributed by atoms with van der Waals surface area (Å²) in [4.78, 5) is 20.2. The molecule has 0 aliphatic heterocycles. The van der Waals surface area contributed by atoms with Gasteiger partial charge in [-0.1, -0.05) is 0 Å². The van der Waals surface area contributed by atoms with E-state index in [0.29, 0.717) is 8.92 Å². The minimum absolute atomic E-state index is 0.110. The monoisotopic (exact) mass is 782 g/mol. The molecule has 0 saturated heterocycles. The van der Waals surface area contributed by atoms with Crippen LogP contribution in [0.5, 0.6) is 0 Å². The van der Waals surface area contributed by atoms with Gasteiger partial charge in [0.05, 0.1) is 0 Å². The quantitative estimate of drug-likeness (QED) is 0.132. The van der Waals surface area contributed by atoms with E-state index in [1.165, 1.54) is 36.4 Å². The average Bonchev–Trinajstić information content (AvgIpc) is 2.93. The molecule has 4 rings (SSSR count). The fourth-order valence-corrected chi connectivity index (χ4v) is 13.5. The Morgan fingerprint density at radius 2 is 0.952 bits per heavy atom. The van der Waals surface area contributed by atoms with Crippen molar-refractivity contribution in [3.63, 3.8) is 0 Å². The van der Waals surface area contributed by atoms with Gasteiger partial charge in [-0.05, 0) is 0 Å². The van der Waals surface area contributed by atoms with Crippen molar-refractivity contribution < 1.29 is 26.7 Å². The molecule has 0 bridgehead atoms. The standard InChI is InChI=1S/C24H16Cl2N4O8S2Se2/c25-15-9-11-23(17(13-15)27-39(35,36)21-7-3-1-5-19(21)29(31)32)41-42-24-12-10-16(26)14-18(24)28-40(37,38)22-8-4-2-6-20(22)30(33)34/h1-14,27-28H. The maximum absolute atomic E-state index is 13.1. The number of nitro benzene ring substituents is 2. The molecule has 0 atom stereocenters. The Kier molecular flexibility index (Phi) is 9.80. The Balaban J connectivity index is 1.64. The van der Waals surface area contributed by atoms with Crippen LogP contribution in [0.4, 0.5) is 22.7 Å². The molecular formula is C24H16Cl2N4O8S2Se2. The number of rotatable bonds is 11. The van der Waals surface area contributed by atoms with E-state index in [9.17, 15) is 37.1 Å². The van der Waals surface area contributed by atoms with Gasteiger partial charge < -0.3 is 0 Å². The van der Waals surface area contributed by atoms with Crippen molar-refractivity contribution in [3.8, 4) is 0 Å². The maximum atomic E-state index is 13.1. The zero-order chi connectivity index (χ0) is 30.7. The molecule has 0 saturated carbocycles. The van der Waals surface area contributed by atoms with Crippen molar-refractivity contribution in [1.29, 1.82) is 0 Å². The number of benzene rings is 4. The van der Waals surface area contributed by atoms with Gasteiger partial charge in [0.15, 0.2) is 0 Å². The summed E-state index contributed by atoms with van der Waals surface area (Å²) in [6, 6.07) is 18.9. The topological polar surface area (TPSA) is 179 Å². The van der Waals surface area contributed by atoms with Gasteiger partial charge >= 0.3 is 262 Å². The summed E-state index contributed by atoms with van der Waals surface area (Å²) >= 11 is 11.3. The third-order valence-electron chi connectivity index (χ3n) is 5.30. The van der Waals surface area contributed by atoms with Crippen LogP contribution in [0.25, 0.3) is 0 Å². The van der Waals surface area contributed by atoms with Crippen molar-refractivity contribution in [2.24, 2.45) is 0 Å². The third kappa shape index (κ3) is 7.41. The molecule has 0 aliphatic carbocycles. The molecule has 0 heterocycles. The predicted molar refractivity (Wildman–Crippen MR) is 161 cm³/mol. The van der Waals surface area contributed by atoms with Crippen LogP contribution in [0.2, 0.25) is 10.0 Å². The first-order chi connectivity index (χ1) is 19.8. The summed E-state index contributed by atoms with van der Waals surface area (Å²) in [6.45, 7) is 0. The van der Waals surface area contributed by atoms with E-state index >= 15 is 0 Å². The second kappa shape index (κ2) is 13.0. The molecule has 0 aliphatic rings. The summed E-state index contributed by atoms with van der Waals surface area (Å²) in [7, 11) is -8.78. The van der Waals surface area contributed by atoms with Gasteiger partial charge in [0.25, 0.3) is 0 Å². The van der Waals surface area contributed by atoms with Crippen LogP contribution in [-0.2, 0) is 20.0 Å². The number of sulfonamides is 2. The summed E-state index contributed by atoms with van der Waals surface area (Å²) in [5.41, 5.74) is -0.975. The van der Waals surface area contributed by atoms with E-state index in [1.807, 2.05) is 0 Å². The Morgan fingerprint density at radius 3 is 1.31 bits per heavy atom. The van der Waals surface area contributed by atoms with E-state index in [-0.39, 0.29) is 21.4 Å². The number of para-hydroxylation sites is 2. The van der Waals surface area contributed by atoms with Crippen LogP contribution in [0, 0.1) is 20.2 Å². The average molecular weight is 781 g/mol. The van der Waals surface area contributed by atoms with Crippen molar-refractivity contribution in [3.05, 3.63) is 115 Å². The van der Waals surface area contributed by atoms with Gasteiger partial charge in [0.1, 0.15) is 0 Å². The number of hydrogen-bond donors (Lipinski definition) is 2. The van der Waals surface area contributed by atoms with Gasteiger partial charge in [0, 0.05) is 0 Å². The molecule has 42 heavy (non-hydrogen) atoms. The second-order valence-corrected chi connectivity index (χ2v) is 18.5. The first kappa shape index (κ1) is 31.7. The van der Waals surface area contributed by atoms with Crippen molar-refractivity contribution in [2.45, 2.75) is 9.79 Å². The molecule has 0 unspecified atom stereocenters. The van der Waals surface area contributed by atoms with Crippen LogP contribution in [0.3, 0.4) is 0 Å². The number of nitrogens with one attached hydrogen (secondary N) is 2. The molecule has 0 aromatic heterocycles. The summed E-state index contributed by atoms with van der Waals surface area (Å²) < 4.78 is 58.4. The van der Waals surface area contributed by atoms with Crippen LogP contribution >= 0.6 is 23.2 Å². The number of nitro groups is 2. The molecule has 4 aromatic carbocycles. The van der Waals surface area contributed by atoms with Crippen LogP contribution in [-0.4, -0.2) is 52.9 Å². The van der Waals surface area contributed by atoms with Gasteiger partial charge in [-0.25, -0.2) is 0 Å². The molecule has 0 amide bonds. The minimum atomic E-state index is -4.39. The van der Waals surface area contributed by atoms with E-state index < -0.39 is 77.3 Å². The Bertz CT molecular complexity index is 1790. The molecule has 0 fully saturated rings. The predicted octanol–water partition coefficient (Wildman–Crippen LogP) is 3.69. The van der Waals surface area contributed by atoms with E-state index in [4.69, 9.17) is 23.2 Å². The molecule has 12 nitrogen and oxygen atoms in total. The zero-order valence-electron chi connectivity index (χ0n) is 20.6. The molecule has 2 N–H and O–H groups in total. The Labute approximate surface area is 260 Å². The summed E-state index contributed by atoms with van der Waals surface area (Å²) in [5.74, 6) is 0. The third-order valence-corrected chi connectivity index (χ3v) is 15.8. The van der Waals surface area contributed by atoms with Gasteiger partial charge in [-0.2, -0.15) is 0 Å². The van der Waals surface area contributed by atoms with E-state index in [0.717, 1.165) is 24.3 Å². The normalized spacial score (nSPS) is 11.6. The number of halogens is 2. The van der Waals surface area contributed by atoms with Crippen molar-refractivity contribution in [2.75, 3.05) is 9.44 Å². The SMILES string of the molecule is O=[N+]([O-])c1ccccc1S(=O)(=O)Nc1cc(Cl)ccc1[Se][Se]c1ccc(Cl)cc1NS(=O)(=O)c1ccccc1[N+](=O)[O-]. The van der Waals surface area contributed by atoms with Crippen molar-refractivity contribution in [1.82, 2.24) is 0 Å². The van der Waals surface area contributed by atoms with Crippen LogP contribution in [0.1, 0.15) is 0 Å². The van der Waals surface area contributed by atoms with E-state index in [1.54, 1.807) is 24.3 Å². The molecule has 218 valence electrons. The molecular weight excluding hydrogens is 765 g/mol. The van der Waals surface area contributed by atoms with E-state index in [2.05, 4.69) is 9.44 Å². The fourth-order valence-electron chi connectivity index (χ4n) is 3.47. The van der Waals surface area contributed by atoms with Crippen molar-refractivity contribution >= 4 is 101 Å². The summed E-state index contributed by atoms with van der Waals surface area (Å²) in [6.07, 6.45) is 0. The Morgan fingerprint density at radius 1 is 0.595 bits per heavy atom. The fraction of sp³-hybridized carbons (Fsp3) is 0. The Hall–Kier alpha value is -3.20. The van der Waals surface area contributed by atoms with Gasteiger partial charge in [-0.3, -0.25) is 0 Å². The van der Waals surface area contributed by atoms with Gasteiger partial charge in [-0.15, -0.1) is 0 Å². The number of anilines is 2. The second-order valence-electron chi connectivity index (χ2n) is 8.11. The van der Waals surface area contributed by atoms with Gasteiger partial charge in [0.2, 0.25) is 0 Å². The first-order valence-corrected chi connectivity index (χ1v) is 21.0. The molecule has 18 heteroatoms. The number of hydrogen-bond acceptors (Lipinski definition) is 8. The van der Waals surface area contributed by atoms with Crippen LogP contribution < -0.4 is 18.4 Å². The summed E-state index contributed by atoms with van der Waals surface area (Å²) in [5, 5.41) is 23.2. The first-order valence-electron chi connectivity index (χ1n) is 11.2. The van der Waals surface area contributed by atoms with Crippen LogP contribution in [0.15, 0.2) is 94.7 Å². The molecule has 0 radical (unpaired) electrons.